The third kappa shape index (κ3) is 4.47. The lowest BCUT2D eigenvalue weighted by Crippen LogP contribution is -2.34. The highest BCUT2D eigenvalue weighted by Crippen LogP contribution is 2.18. The SMILES string of the molecule is CCC(C)CC(C)NS(=O)(=O)c1ccc(N)cc1F. The maximum Gasteiger partial charge on any atom is 0.243 e. The number of benzene rings is 1. The quantitative estimate of drug-likeness (QED) is 0.790. The van der Waals surface area contributed by atoms with Gasteiger partial charge in [0.2, 0.25) is 10.0 Å². The van der Waals surface area contributed by atoms with Crippen LogP contribution < -0.4 is 10.5 Å². The van der Waals surface area contributed by atoms with Crippen LogP contribution in [0.3, 0.4) is 0 Å². The number of sulfonamides is 1. The van der Waals surface area contributed by atoms with Crippen LogP contribution in [0.1, 0.15) is 33.6 Å². The summed E-state index contributed by atoms with van der Waals surface area (Å²) in [5.41, 5.74) is 5.60. The molecule has 0 aliphatic heterocycles. The number of halogens is 1. The normalized spacial score (nSPS) is 15.2. The average molecular weight is 288 g/mol. The molecule has 0 aliphatic rings. The van der Waals surface area contributed by atoms with Crippen LogP contribution in [0.2, 0.25) is 0 Å². The smallest absolute Gasteiger partial charge is 0.243 e. The fourth-order valence-electron chi connectivity index (χ4n) is 1.88. The van der Waals surface area contributed by atoms with Crippen molar-refractivity contribution in [1.82, 2.24) is 4.72 Å². The van der Waals surface area contributed by atoms with Gasteiger partial charge in [-0.05, 0) is 37.5 Å². The fourth-order valence-corrected chi connectivity index (χ4v) is 3.20. The van der Waals surface area contributed by atoms with Gasteiger partial charge in [-0.15, -0.1) is 0 Å². The van der Waals surface area contributed by atoms with E-state index >= 15 is 0 Å². The van der Waals surface area contributed by atoms with Gasteiger partial charge in [-0.25, -0.2) is 17.5 Å². The third-order valence-corrected chi connectivity index (χ3v) is 4.68. The van der Waals surface area contributed by atoms with Gasteiger partial charge in [-0.2, -0.15) is 0 Å². The van der Waals surface area contributed by atoms with Crippen molar-refractivity contribution in [3.8, 4) is 0 Å². The van der Waals surface area contributed by atoms with Crippen molar-refractivity contribution >= 4 is 15.7 Å². The first kappa shape index (κ1) is 15.9. The van der Waals surface area contributed by atoms with Crippen molar-refractivity contribution in [3.05, 3.63) is 24.0 Å². The summed E-state index contributed by atoms with van der Waals surface area (Å²) in [4.78, 5) is -0.363. The van der Waals surface area contributed by atoms with Crippen LogP contribution in [-0.4, -0.2) is 14.5 Å². The van der Waals surface area contributed by atoms with Crippen molar-refractivity contribution < 1.29 is 12.8 Å². The summed E-state index contributed by atoms with van der Waals surface area (Å²) in [5.74, 6) is -0.419. The minimum atomic E-state index is -3.84. The van der Waals surface area contributed by atoms with Gasteiger partial charge in [0.1, 0.15) is 10.7 Å². The summed E-state index contributed by atoms with van der Waals surface area (Å²) in [6.07, 6.45) is 1.69. The molecule has 0 radical (unpaired) electrons. The van der Waals surface area contributed by atoms with E-state index in [1.54, 1.807) is 6.92 Å². The molecule has 0 fully saturated rings. The lowest BCUT2D eigenvalue weighted by molar-refractivity contribution is 0.444. The van der Waals surface area contributed by atoms with E-state index in [2.05, 4.69) is 11.6 Å². The molecule has 1 aromatic rings. The van der Waals surface area contributed by atoms with Crippen molar-refractivity contribution in [3.63, 3.8) is 0 Å². The molecular formula is C13H21FN2O2S. The number of nitrogens with one attached hydrogen (secondary N) is 1. The molecule has 0 aliphatic carbocycles. The lowest BCUT2D eigenvalue weighted by atomic mass is 10.0. The standard InChI is InChI=1S/C13H21FN2O2S/c1-4-9(2)7-10(3)16-19(17,18)13-6-5-11(15)8-12(13)14/h5-6,8-10,16H,4,7,15H2,1-3H3. The zero-order valence-corrected chi connectivity index (χ0v) is 12.3. The van der Waals surface area contributed by atoms with E-state index < -0.39 is 15.8 Å². The summed E-state index contributed by atoms with van der Waals surface area (Å²) in [6, 6.07) is 3.32. The molecule has 0 bridgehead atoms. The second kappa shape index (κ2) is 6.34. The van der Waals surface area contributed by atoms with E-state index in [-0.39, 0.29) is 16.6 Å². The van der Waals surface area contributed by atoms with E-state index in [4.69, 9.17) is 5.73 Å². The Morgan fingerprint density at radius 3 is 2.53 bits per heavy atom. The van der Waals surface area contributed by atoms with Gasteiger partial charge in [0.05, 0.1) is 0 Å². The highest BCUT2D eigenvalue weighted by atomic mass is 32.2. The molecule has 2 unspecified atom stereocenters. The monoisotopic (exact) mass is 288 g/mol. The topological polar surface area (TPSA) is 72.2 Å². The van der Waals surface area contributed by atoms with Crippen molar-refractivity contribution in [2.45, 2.75) is 44.6 Å². The zero-order valence-electron chi connectivity index (χ0n) is 11.5. The molecule has 2 atom stereocenters. The molecule has 4 nitrogen and oxygen atoms in total. The van der Waals surface area contributed by atoms with E-state index in [1.807, 2.05) is 6.92 Å². The maximum atomic E-state index is 13.6. The Balaban J connectivity index is 2.86. The molecule has 0 spiro atoms. The number of hydrogen-bond donors (Lipinski definition) is 2. The Bertz CT molecular complexity index is 531. The molecule has 1 rings (SSSR count). The van der Waals surface area contributed by atoms with Crippen LogP contribution in [0.15, 0.2) is 23.1 Å². The third-order valence-electron chi connectivity index (χ3n) is 3.05. The van der Waals surface area contributed by atoms with Crippen molar-refractivity contribution in [2.75, 3.05) is 5.73 Å². The van der Waals surface area contributed by atoms with Crippen molar-refractivity contribution in [2.24, 2.45) is 5.92 Å². The average Bonchev–Trinajstić information content (AvgIpc) is 2.26. The number of nitrogen functional groups attached to an aromatic ring is 1. The first-order valence-electron chi connectivity index (χ1n) is 6.33. The van der Waals surface area contributed by atoms with Crippen LogP contribution in [0.25, 0.3) is 0 Å². The van der Waals surface area contributed by atoms with Crippen LogP contribution in [0.5, 0.6) is 0 Å². The molecule has 0 saturated heterocycles. The minimum Gasteiger partial charge on any atom is -0.399 e. The Morgan fingerprint density at radius 2 is 2.00 bits per heavy atom. The molecule has 6 heteroatoms. The molecule has 3 N–H and O–H groups in total. The van der Waals surface area contributed by atoms with E-state index in [9.17, 15) is 12.8 Å². The van der Waals surface area contributed by atoms with E-state index in [1.165, 1.54) is 12.1 Å². The Kier molecular flexibility index (Phi) is 5.31. The number of hydrogen-bond acceptors (Lipinski definition) is 3. The molecular weight excluding hydrogens is 267 g/mol. The molecule has 0 saturated carbocycles. The van der Waals surface area contributed by atoms with Gasteiger partial charge < -0.3 is 5.73 Å². The second-order valence-electron chi connectivity index (χ2n) is 4.96. The number of nitrogens with two attached hydrogens (primary N) is 1. The Hall–Kier alpha value is -1.14. The Morgan fingerprint density at radius 1 is 1.37 bits per heavy atom. The first-order chi connectivity index (χ1) is 8.76. The molecule has 19 heavy (non-hydrogen) atoms. The van der Waals surface area contributed by atoms with E-state index in [0.29, 0.717) is 12.3 Å². The minimum absolute atomic E-state index is 0.198. The highest BCUT2D eigenvalue weighted by Gasteiger charge is 2.22. The largest absolute Gasteiger partial charge is 0.399 e. The maximum absolute atomic E-state index is 13.6. The van der Waals surface area contributed by atoms with Gasteiger partial charge in [-0.1, -0.05) is 20.3 Å². The predicted octanol–water partition coefficient (Wildman–Crippen LogP) is 2.51. The van der Waals surface area contributed by atoms with Crippen LogP contribution in [-0.2, 0) is 10.0 Å². The summed E-state index contributed by atoms with van der Waals surface area (Å²) >= 11 is 0. The summed E-state index contributed by atoms with van der Waals surface area (Å²) in [6.45, 7) is 5.87. The van der Waals surface area contributed by atoms with Crippen LogP contribution in [0, 0.1) is 11.7 Å². The summed E-state index contributed by atoms with van der Waals surface area (Å²) < 4.78 is 40.2. The fraction of sp³-hybridized carbons (Fsp3) is 0.538. The van der Waals surface area contributed by atoms with Crippen molar-refractivity contribution in [1.29, 1.82) is 0 Å². The predicted molar refractivity (Wildman–Crippen MR) is 74.7 cm³/mol. The van der Waals surface area contributed by atoms with Crippen LogP contribution in [0.4, 0.5) is 10.1 Å². The first-order valence-corrected chi connectivity index (χ1v) is 7.82. The van der Waals surface area contributed by atoms with Gasteiger partial charge in [0.25, 0.3) is 0 Å². The second-order valence-corrected chi connectivity index (χ2v) is 6.64. The summed E-state index contributed by atoms with van der Waals surface area (Å²) in [5, 5.41) is 0. The zero-order chi connectivity index (χ0) is 14.6. The van der Waals surface area contributed by atoms with Gasteiger partial charge >= 0.3 is 0 Å². The molecule has 0 heterocycles. The molecule has 108 valence electrons. The number of anilines is 1. The van der Waals surface area contributed by atoms with Gasteiger partial charge in [-0.3, -0.25) is 0 Å². The van der Waals surface area contributed by atoms with E-state index in [0.717, 1.165) is 12.5 Å². The molecule has 1 aromatic carbocycles. The van der Waals surface area contributed by atoms with Gasteiger partial charge in [0, 0.05) is 11.7 Å². The lowest BCUT2D eigenvalue weighted by Gasteiger charge is -2.17. The highest BCUT2D eigenvalue weighted by molar-refractivity contribution is 7.89. The Labute approximate surface area is 114 Å². The number of rotatable bonds is 6. The molecule has 0 aromatic heterocycles. The summed E-state index contributed by atoms with van der Waals surface area (Å²) in [7, 11) is -3.84. The van der Waals surface area contributed by atoms with Gasteiger partial charge in [0.15, 0.2) is 0 Å². The van der Waals surface area contributed by atoms with Crippen LogP contribution >= 0.6 is 0 Å². The molecule has 0 amide bonds.